The number of hydrogen-bond acceptors (Lipinski definition) is 5. The maximum absolute atomic E-state index is 11.7. The molecule has 3 rings (SSSR count). The van der Waals surface area contributed by atoms with E-state index in [1.54, 1.807) is 18.3 Å². The summed E-state index contributed by atoms with van der Waals surface area (Å²) in [5.74, 6) is -0.188. The third-order valence-corrected chi connectivity index (χ3v) is 4.70. The molecule has 1 aromatic heterocycles. The van der Waals surface area contributed by atoms with Gasteiger partial charge in [-0.1, -0.05) is 30.3 Å². The van der Waals surface area contributed by atoms with Crippen molar-refractivity contribution in [2.75, 3.05) is 11.9 Å². The number of nitrogens with two attached hydrogens (primary N) is 1. The zero-order chi connectivity index (χ0) is 15.5. The molecule has 0 bridgehead atoms. The molecular weight excluding hydrogens is 296 g/mol. The molecule has 116 valence electrons. The minimum Gasteiger partial charge on any atom is -0.320 e. The SMILES string of the molecule is C[C@H](N)C(=O)Nc1nc2c(s1)CN(Cc1ccccc1)CC2. The number of thiazole rings is 1. The highest BCUT2D eigenvalue weighted by atomic mass is 32.1. The fourth-order valence-electron chi connectivity index (χ4n) is 2.50. The molecule has 1 aliphatic heterocycles. The van der Waals surface area contributed by atoms with Gasteiger partial charge in [-0.2, -0.15) is 0 Å². The first-order valence-electron chi connectivity index (χ1n) is 7.43. The predicted octanol–water partition coefficient (Wildman–Crippen LogP) is 1.99. The number of carbonyl (C=O) groups is 1. The van der Waals surface area contributed by atoms with Crippen molar-refractivity contribution in [1.82, 2.24) is 9.88 Å². The summed E-state index contributed by atoms with van der Waals surface area (Å²) in [4.78, 5) is 19.8. The predicted molar refractivity (Wildman–Crippen MR) is 88.7 cm³/mol. The lowest BCUT2D eigenvalue weighted by Gasteiger charge is -2.25. The van der Waals surface area contributed by atoms with Crippen LogP contribution >= 0.6 is 11.3 Å². The summed E-state index contributed by atoms with van der Waals surface area (Å²) in [6, 6.07) is 9.95. The maximum Gasteiger partial charge on any atom is 0.242 e. The molecule has 0 aliphatic carbocycles. The van der Waals surface area contributed by atoms with E-state index in [4.69, 9.17) is 5.73 Å². The van der Waals surface area contributed by atoms with Gasteiger partial charge in [0.05, 0.1) is 11.7 Å². The van der Waals surface area contributed by atoms with E-state index in [2.05, 4.69) is 39.5 Å². The smallest absolute Gasteiger partial charge is 0.242 e. The molecule has 0 spiro atoms. The normalized spacial score (nSPS) is 16.1. The summed E-state index contributed by atoms with van der Waals surface area (Å²) in [6.07, 6.45) is 0.923. The topological polar surface area (TPSA) is 71.2 Å². The lowest BCUT2D eigenvalue weighted by atomic mass is 10.1. The molecule has 0 fully saturated rings. The van der Waals surface area contributed by atoms with Gasteiger partial charge in [0.25, 0.3) is 0 Å². The Morgan fingerprint density at radius 3 is 2.95 bits per heavy atom. The zero-order valence-corrected chi connectivity index (χ0v) is 13.4. The molecule has 2 heterocycles. The molecule has 0 unspecified atom stereocenters. The molecule has 0 saturated heterocycles. The van der Waals surface area contributed by atoms with Crippen molar-refractivity contribution in [2.24, 2.45) is 5.73 Å². The lowest BCUT2D eigenvalue weighted by molar-refractivity contribution is -0.117. The number of hydrogen-bond donors (Lipinski definition) is 2. The van der Waals surface area contributed by atoms with Gasteiger partial charge in [0.15, 0.2) is 5.13 Å². The number of fused-ring (bicyclic) bond motifs is 1. The third-order valence-electron chi connectivity index (χ3n) is 3.70. The highest BCUT2D eigenvalue weighted by Gasteiger charge is 2.21. The van der Waals surface area contributed by atoms with Crippen molar-refractivity contribution in [3.05, 3.63) is 46.5 Å². The van der Waals surface area contributed by atoms with Gasteiger partial charge in [-0.3, -0.25) is 9.69 Å². The van der Waals surface area contributed by atoms with Gasteiger partial charge < -0.3 is 11.1 Å². The molecule has 6 heteroatoms. The number of nitrogens with zero attached hydrogens (tertiary/aromatic N) is 2. The third kappa shape index (κ3) is 3.52. The molecule has 5 nitrogen and oxygen atoms in total. The van der Waals surface area contributed by atoms with Crippen LogP contribution in [0.4, 0.5) is 5.13 Å². The Morgan fingerprint density at radius 1 is 1.45 bits per heavy atom. The van der Waals surface area contributed by atoms with Gasteiger partial charge in [0.1, 0.15) is 0 Å². The van der Waals surface area contributed by atoms with Crippen LogP contribution in [0.1, 0.15) is 23.1 Å². The van der Waals surface area contributed by atoms with Crippen molar-refractivity contribution < 1.29 is 4.79 Å². The highest BCUT2D eigenvalue weighted by Crippen LogP contribution is 2.29. The first kappa shape index (κ1) is 15.1. The van der Waals surface area contributed by atoms with Crippen molar-refractivity contribution in [2.45, 2.75) is 32.5 Å². The van der Waals surface area contributed by atoms with E-state index in [1.165, 1.54) is 10.4 Å². The number of benzene rings is 1. The molecule has 22 heavy (non-hydrogen) atoms. The Kier molecular flexibility index (Phi) is 4.52. The molecule has 3 N–H and O–H groups in total. The fraction of sp³-hybridized carbons (Fsp3) is 0.375. The Hall–Kier alpha value is -1.76. The van der Waals surface area contributed by atoms with Crippen molar-refractivity contribution in [1.29, 1.82) is 0 Å². The van der Waals surface area contributed by atoms with E-state index < -0.39 is 6.04 Å². The molecule has 1 atom stereocenters. The summed E-state index contributed by atoms with van der Waals surface area (Å²) in [7, 11) is 0. The average Bonchev–Trinajstić information content (AvgIpc) is 2.89. The van der Waals surface area contributed by atoms with Gasteiger partial charge in [-0.05, 0) is 12.5 Å². The van der Waals surface area contributed by atoms with Crippen LogP contribution in [0.2, 0.25) is 0 Å². The number of anilines is 1. The lowest BCUT2D eigenvalue weighted by Crippen LogP contribution is -2.32. The summed E-state index contributed by atoms with van der Waals surface area (Å²) in [5, 5.41) is 3.45. The Balaban J connectivity index is 1.66. The number of rotatable bonds is 4. The Bertz CT molecular complexity index is 653. The summed E-state index contributed by atoms with van der Waals surface area (Å²) in [6.45, 7) is 4.49. The van der Waals surface area contributed by atoms with Crippen LogP contribution in [0, 0.1) is 0 Å². The number of amides is 1. The first-order valence-corrected chi connectivity index (χ1v) is 8.25. The van der Waals surface area contributed by atoms with Crippen molar-refractivity contribution >= 4 is 22.4 Å². The van der Waals surface area contributed by atoms with Crippen LogP contribution in [0.15, 0.2) is 30.3 Å². The Labute approximate surface area is 134 Å². The molecule has 1 amide bonds. The maximum atomic E-state index is 11.7. The second-order valence-corrected chi connectivity index (χ2v) is 6.70. The van der Waals surface area contributed by atoms with Gasteiger partial charge in [-0.25, -0.2) is 4.98 Å². The van der Waals surface area contributed by atoms with Crippen molar-refractivity contribution in [3.8, 4) is 0 Å². The fourth-order valence-corrected chi connectivity index (χ4v) is 3.55. The largest absolute Gasteiger partial charge is 0.320 e. The minimum atomic E-state index is -0.518. The molecule has 0 saturated carbocycles. The van der Waals surface area contributed by atoms with Crippen LogP contribution < -0.4 is 11.1 Å². The van der Waals surface area contributed by atoms with Crippen LogP contribution in [-0.2, 0) is 24.3 Å². The van der Waals surface area contributed by atoms with Crippen LogP contribution in [0.25, 0.3) is 0 Å². The summed E-state index contributed by atoms with van der Waals surface area (Å²) < 4.78 is 0. The highest BCUT2D eigenvalue weighted by molar-refractivity contribution is 7.15. The molecule has 0 radical (unpaired) electrons. The quantitative estimate of drug-likeness (QED) is 0.905. The van der Waals surface area contributed by atoms with E-state index in [0.717, 1.165) is 31.7 Å². The Morgan fingerprint density at radius 2 is 2.23 bits per heavy atom. The molecule has 2 aromatic rings. The van der Waals surface area contributed by atoms with Gasteiger partial charge in [0, 0.05) is 30.9 Å². The standard InChI is InChI=1S/C16H20N4OS/c1-11(17)15(21)19-16-18-13-7-8-20(10-14(13)22-16)9-12-5-3-2-4-6-12/h2-6,11H,7-10,17H2,1H3,(H,18,19,21)/t11-/m0/s1. The molecule has 1 aliphatic rings. The first-order chi connectivity index (χ1) is 10.6. The second-order valence-electron chi connectivity index (χ2n) is 5.61. The monoisotopic (exact) mass is 316 g/mol. The second kappa shape index (κ2) is 6.56. The van der Waals surface area contributed by atoms with E-state index in [-0.39, 0.29) is 5.91 Å². The van der Waals surface area contributed by atoms with Crippen LogP contribution in [0.3, 0.4) is 0 Å². The zero-order valence-electron chi connectivity index (χ0n) is 12.6. The van der Waals surface area contributed by atoms with Gasteiger partial charge in [-0.15, -0.1) is 11.3 Å². The van der Waals surface area contributed by atoms with Crippen LogP contribution in [-0.4, -0.2) is 28.4 Å². The van der Waals surface area contributed by atoms with E-state index in [9.17, 15) is 4.79 Å². The van der Waals surface area contributed by atoms with E-state index >= 15 is 0 Å². The molecule has 1 aromatic carbocycles. The number of aromatic nitrogens is 1. The summed E-state index contributed by atoms with van der Waals surface area (Å²) in [5.41, 5.74) is 8.00. The number of carbonyl (C=O) groups excluding carboxylic acids is 1. The van der Waals surface area contributed by atoms with Gasteiger partial charge in [0.2, 0.25) is 5.91 Å². The van der Waals surface area contributed by atoms with E-state index in [0.29, 0.717) is 5.13 Å². The average molecular weight is 316 g/mol. The van der Waals surface area contributed by atoms with E-state index in [1.807, 2.05) is 6.07 Å². The van der Waals surface area contributed by atoms with Crippen LogP contribution in [0.5, 0.6) is 0 Å². The van der Waals surface area contributed by atoms with Crippen molar-refractivity contribution in [3.63, 3.8) is 0 Å². The van der Waals surface area contributed by atoms with Gasteiger partial charge >= 0.3 is 0 Å². The summed E-state index contributed by atoms with van der Waals surface area (Å²) >= 11 is 1.56. The minimum absolute atomic E-state index is 0.188. The number of nitrogens with one attached hydrogen (secondary N) is 1. The molecular formula is C16H20N4OS.